The summed E-state index contributed by atoms with van der Waals surface area (Å²) in [7, 11) is -3.36. The first-order valence-corrected chi connectivity index (χ1v) is 9.19. The van der Waals surface area contributed by atoms with E-state index >= 15 is 0 Å². The number of benzene rings is 2. The molecule has 1 saturated heterocycles. The molecule has 0 aromatic heterocycles. The van der Waals surface area contributed by atoms with Crippen molar-refractivity contribution < 1.29 is 13.9 Å². The summed E-state index contributed by atoms with van der Waals surface area (Å²) in [6.07, 6.45) is 3.23. The summed E-state index contributed by atoms with van der Waals surface area (Å²) in [5.74, 6) is 1.25. The molecular formula is C17H18NO3P. The van der Waals surface area contributed by atoms with E-state index in [0.29, 0.717) is 11.5 Å². The van der Waals surface area contributed by atoms with Crippen molar-refractivity contribution in [3.05, 3.63) is 48.5 Å². The van der Waals surface area contributed by atoms with Gasteiger partial charge in [0.1, 0.15) is 0 Å². The summed E-state index contributed by atoms with van der Waals surface area (Å²) in [5, 5.41) is 0. The predicted molar refractivity (Wildman–Crippen MR) is 85.5 cm³/mol. The Balaban J connectivity index is 1.82. The van der Waals surface area contributed by atoms with E-state index in [2.05, 4.69) is 0 Å². The summed E-state index contributed by atoms with van der Waals surface area (Å²) in [6.45, 7) is 1.50. The van der Waals surface area contributed by atoms with Gasteiger partial charge in [-0.15, -0.1) is 4.67 Å². The molecule has 0 saturated carbocycles. The van der Waals surface area contributed by atoms with E-state index in [4.69, 9.17) is 9.05 Å². The number of hydrogen-bond donors (Lipinski definition) is 0. The Morgan fingerprint density at radius 2 is 1.27 bits per heavy atom. The monoisotopic (exact) mass is 315 g/mol. The molecule has 22 heavy (non-hydrogen) atoms. The van der Waals surface area contributed by atoms with Crippen molar-refractivity contribution in [1.29, 1.82) is 0 Å². The van der Waals surface area contributed by atoms with Crippen LogP contribution in [0.2, 0.25) is 0 Å². The lowest BCUT2D eigenvalue weighted by molar-refractivity contribution is -0.218. The van der Waals surface area contributed by atoms with Crippen LogP contribution in [0, 0.1) is 0 Å². The Kier molecular flexibility index (Phi) is 3.53. The van der Waals surface area contributed by atoms with E-state index in [1.807, 2.05) is 53.2 Å². The van der Waals surface area contributed by atoms with Crippen molar-refractivity contribution in [3.63, 3.8) is 0 Å². The molecule has 2 aliphatic rings. The molecule has 4 nitrogen and oxygen atoms in total. The van der Waals surface area contributed by atoms with Gasteiger partial charge in [0.25, 0.3) is 0 Å². The first kappa shape index (κ1) is 14.0. The van der Waals surface area contributed by atoms with Gasteiger partial charge >= 0.3 is 8.09 Å². The third-order valence-electron chi connectivity index (χ3n) is 4.17. The molecule has 2 aromatic rings. The SMILES string of the molecule is [O-][P+]1(N2CCCCC2)Oc2ccccc2-c2ccccc2O1. The minimum absolute atomic E-state index is 0.626. The van der Waals surface area contributed by atoms with Gasteiger partial charge in [-0.2, -0.15) is 0 Å². The van der Waals surface area contributed by atoms with Gasteiger partial charge in [-0.05, 0) is 25.0 Å². The van der Waals surface area contributed by atoms with Crippen LogP contribution in [0.4, 0.5) is 0 Å². The van der Waals surface area contributed by atoms with Crippen LogP contribution in [0.5, 0.6) is 11.5 Å². The average molecular weight is 315 g/mol. The summed E-state index contributed by atoms with van der Waals surface area (Å²) in [4.78, 5) is 13.4. The van der Waals surface area contributed by atoms with E-state index in [1.165, 1.54) is 6.42 Å². The van der Waals surface area contributed by atoms with Gasteiger partial charge in [0.15, 0.2) is 11.5 Å². The normalized spacial score (nSPS) is 20.0. The molecule has 2 heterocycles. The highest BCUT2D eigenvalue weighted by Crippen LogP contribution is 2.61. The largest absolute Gasteiger partial charge is 0.601 e. The molecule has 4 rings (SSSR count). The van der Waals surface area contributed by atoms with E-state index in [1.54, 1.807) is 0 Å². The highest BCUT2D eigenvalue weighted by molar-refractivity contribution is 7.57. The van der Waals surface area contributed by atoms with Gasteiger partial charge in [-0.25, -0.2) is 0 Å². The standard InChI is InChI=1S/C17H18NO3P/c19-22(18-12-6-1-7-13-18)20-16-10-4-2-8-14(16)15-9-3-5-11-17(15)21-22/h2-5,8-11H,1,6-7,12-13H2. The van der Waals surface area contributed by atoms with Crippen LogP contribution in [0.3, 0.4) is 0 Å². The van der Waals surface area contributed by atoms with Gasteiger partial charge in [-0.3, -0.25) is 9.05 Å². The molecule has 0 unspecified atom stereocenters. The van der Waals surface area contributed by atoms with Gasteiger partial charge in [0.05, 0.1) is 0 Å². The van der Waals surface area contributed by atoms with Crippen LogP contribution >= 0.6 is 8.09 Å². The molecule has 0 radical (unpaired) electrons. The van der Waals surface area contributed by atoms with Crippen LogP contribution < -0.4 is 13.9 Å². The first-order chi connectivity index (χ1) is 10.8. The molecule has 114 valence electrons. The van der Waals surface area contributed by atoms with E-state index < -0.39 is 8.09 Å². The summed E-state index contributed by atoms with van der Waals surface area (Å²) in [5.41, 5.74) is 1.85. The molecule has 0 atom stereocenters. The second-order valence-corrected chi connectivity index (χ2v) is 7.53. The third-order valence-corrected chi connectivity index (χ3v) is 6.12. The maximum absolute atomic E-state index is 13.4. The number of rotatable bonds is 1. The molecule has 0 N–H and O–H groups in total. The van der Waals surface area contributed by atoms with Crippen molar-refractivity contribution in [2.45, 2.75) is 19.3 Å². The molecule has 0 amide bonds. The number of fused-ring (bicyclic) bond motifs is 3. The second-order valence-electron chi connectivity index (χ2n) is 5.66. The minimum Gasteiger partial charge on any atom is -0.601 e. The maximum atomic E-state index is 13.4. The molecule has 0 bridgehead atoms. The van der Waals surface area contributed by atoms with Crippen molar-refractivity contribution in [3.8, 4) is 22.6 Å². The van der Waals surface area contributed by atoms with Crippen LogP contribution in [-0.2, 0) is 0 Å². The third kappa shape index (κ3) is 2.38. The number of piperidine rings is 1. The van der Waals surface area contributed by atoms with Crippen molar-refractivity contribution in [1.82, 2.24) is 4.67 Å². The van der Waals surface area contributed by atoms with Gasteiger partial charge < -0.3 is 4.89 Å². The van der Waals surface area contributed by atoms with Crippen molar-refractivity contribution in [2.75, 3.05) is 13.1 Å². The van der Waals surface area contributed by atoms with Crippen molar-refractivity contribution in [2.24, 2.45) is 0 Å². The van der Waals surface area contributed by atoms with E-state index in [0.717, 1.165) is 37.1 Å². The number of para-hydroxylation sites is 2. The minimum atomic E-state index is -3.36. The summed E-state index contributed by atoms with van der Waals surface area (Å²) >= 11 is 0. The van der Waals surface area contributed by atoms with E-state index in [-0.39, 0.29) is 0 Å². The zero-order valence-electron chi connectivity index (χ0n) is 12.3. The number of hydrogen-bond acceptors (Lipinski definition) is 4. The lowest BCUT2D eigenvalue weighted by atomic mass is 10.0. The molecule has 0 aliphatic carbocycles. The fourth-order valence-corrected chi connectivity index (χ4v) is 4.90. The molecule has 0 spiro atoms. The molecule has 5 heteroatoms. The Morgan fingerprint density at radius 1 is 0.773 bits per heavy atom. The smallest absolute Gasteiger partial charge is 0.411 e. The highest BCUT2D eigenvalue weighted by Gasteiger charge is 2.45. The Bertz CT molecular complexity index is 638. The fourth-order valence-electron chi connectivity index (χ4n) is 3.04. The lowest BCUT2D eigenvalue weighted by Gasteiger charge is -2.36. The van der Waals surface area contributed by atoms with Crippen LogP contribution in [0.1, 0.15) is 19.3 Å². The Hall–Kier alpha value is -1.61. The fraction of sp³-hybridized carbons (Fsp3) is 0.294. The molecule has 2 aliphatic heterocycles. The quantitative estimate of drug-likeness (QED) is 0.754. The first-order valence-electron chi connectivity index (χ1n) is 7.69. The topological polar surface area (TPSA) is 44.8 Å². The molecule has 1 fully saturated rings. The summed E-state index contributed by atoms with van der Waals surface area (Å²) in [6, 6.07) is 15.4. The van der Waals surface area contributed by atoms with Crippen molar-refractivity contribution >= 4 is 8.09 Å². The van der Waals surface area contributed by atoms with Crippen LogP contribution in [-0.4, -0.2) is 17.8 Å². The van der Waals surface area contributed by atoms with Gasteiger partial charge in [0, 0.05) is 24.2 Å². The zero-order chi connectivity index (χ0) is 15.0. The van der Waals surface area contributed by atoms with E-state index in [9.17, 15) is 4.89 Å². The Morgan fingerprint density at radius 3 is 1.82 bits per heavy atom. The van der Waals surface area contributed by atoms with Crippen LogP contribution in [0.15, 0.2) is 48.5 Å². The molecular weight excluding hydrogens is 297 g/mol. The highest BCUT2D eigenvalue weighted by atomic mass is 31.2. The van der Waals surface area contributed by atoms with Crippen LogP contribution in [0.25, 0.3) is 11.1 Å². The summed E-state index contributed by atoms with van der Waals surface area (Å²) < 4.78 is 13.7. The average Bonchev–Trinajstić information content (AvgIpc) is 2.70. The van der Waals surface area contributed by atoms with Gasteiger partial charge in [0.2, 0.25) is 0 Å². The van der Waals surface area contributed by atoms with Gasteiger partial charge in [-0.1, -0.05) is 42.8 Å². The zero-order valence-corrected chi connectivity index (χ0v) is 13.2. The lowest BCUT2D eigenvalue weighted by Crippen LogP contribution is -2.40. The number of nitrogens with zero attached hydrogens (tertiary/aromatic N) is 1. The molecule has 2 aromatic carbocycles. The predicted octanol–water partition coefficient (Wildman–Crippen LogP) is 3.65. The second kappa shape index (κ2) is 5.54. The Labute approximate surface area is 130 Å². The maximum Gasteiger partial charge on any atom is 0.411 e.